The third kappa shape index (κ3) is 7.08. The fourth-order valence-corrected chi connectivity index (χ4v) is 5.83. The van der Waals surface area contributed by atoms with Crippen molar-refractivity contribution in [2.75, 3.05) is 26.7 Å². The summed E-state index contributed by atoms with van der Waals surface area (Å²) < 4.78 is 57.8. The summed E-state index contributed by atoms with van der Waals surface area (Å²) in [6.07, 6.45) is -2.73. The Bertz CT molecular complexity index is 1690. The average Bonchev–Trinajstić information content (AvgIpc) is 3.39. The number of rotatable bonds is 11. The molecule has 1 aromatic heterocycles. The summed E-state index contributed by atoms with van der Waals surface area (Å²) >= 11 is 0. The zero-order valence-electron chi connectivity index (χ0n) is 24.8. The van der Waals surface area contributed by atoms with E-state index in [2.05, 4.69) is 4.85 Å². The molecule has 236 valence electrons. The molecule has 1 fully saturated rings. The van der Waals surface area contributed by atoms with Crippen molar-refractivity contribution in [2.45, 2.75) is 50.1 Å². The lowest BCUT2D eigenvalue weighted by atomic mass is 9.91. The molecule has 1 saturated heterocycles. The number of hydrogen-bond donors (Lipinski definition) is 2. The number of carboxylic acid groups (broad SMARTS) is 1. The fourth-order valence-electron chi connectivity index (χ4n) is 5.83. The first-order valence-electron chi connectivity index (χ1n) is 14.6. The van der Waals surface area contributed by atoms with Crippen molar-refractivity contribution in [3.8, 4) is 11.5 Å². The molecule has 2 N–H and O–H groups in total. The topological polar surface area (TPSA) is 88.5 Å². The van der Waals surface area contributed by atoms with Gasteiger partial charge >= 0.3 is 12.1 Å². The van der Waals surface area contributed by atoms with Gasteiger partial charge in [-0.25, -0.2) is 4.85 Å². The maximum Gasteiger partial charge on any atom is 0.422 e. The smallest absolute Gasteiger partial charge is 0.422 e. The predicted molar refractivity (Wildman–Crippen MR) is 163 cm³/mol. The summed E-state index contributed by atoms with van der Waals surface area (Å²) in [5, 5.41) is 20.7. The third-order valence-corrected chi connectivity index (χ3v) is 8.24. The van der Waals surface area contributed by atoms with Gasteiger partial charge in [-0.15, -0.1) is 0 Å². The molecule has 2 heterocycles. The molecule has 4 aromatic rings. The predicted octanol–water partition coefficient (Wildman–Crippen LogP) is 6.56. The van der Waals surface area contributed by atoms with Crippen molar-refractivity contribution in [2.24, 2.45) is 0 Å². The highest BCUT2D eigenvalue weighted by molar-refractivity contribution is 5.88. The van der Waals surface area contributed by atoms with Crippen LogP contribution in [-0.4, -0.2) is 64.7 Å². The number of carboxylic acids is 1. The number of aliphatic hydroxyl groups is 1. The summed E-state index contributed by atoms with van der Waals surface area (Å²) in [7, 11) is 1.49. The first-order valence-corrected chi connectivity index (χ1v) is 14.6. The van der Waals surface area contributed by atoms with Crippen LogP contribution in [0.15, 0.2) is 72.9 Å². The number of carbonyl (C=O) groups is 1. The Morgan fingerprint density at radius 3 is 2.40 bits per heavy atom. The SMILES string of the molecule is [C-]#[N+]c1ccc2c(c1)c(C(O)(CN1CCC(Oc3ccc(CCC(=O)O)cc3OC)CC1)C(F)(F)F)cn2Cc1ccccc1. The van der Waals surface area contributed by atoms with E-state index in [-0.39, 0.29) is 42.3 Å². The number of ether oxygens (including phenoxy) is 2. The van der Waals surface area contributed by atoms with Crippen molar-refractivity contribution < 1.29 is 37.7 Å². The highest BCUT2D eigenvalue weighted by Crippen LogP contribution is 2.44. The lowest BCUT2D eigenvalue weighted by Gasteiger charge is -2.39. The molecule has 45 heavy (non-hydrogen) atoms. The molecule has 0 saturated carbocycles. The molecule has 0 bridgehead atoms. The molecule has 1 aliphatic heterocycles. The Kier molecular flexibility index (Phi) is 9.37. The molecule has 1 unspecified atom stereocenters. The monoisotopic (exact) mass is 621 g/mol. The number of nitrogens with zero attached hydrogens (tertiary/aromatic N) is 3. The van der Waals surface area contributed by atoms with Gasteiger partial charge in [0.15, 0.2) is 17.2 Å². The molecule has 3 aromatic carbocycles. The molecule has 11 heteroatoms. The molecule has 0 radical (unpaired) electrons. The maximum absolute atomic E-state index is 14.9. The van der Waals surface area contributed by atoms with E-state index >= 15 is 0 Å². The molecule has 1 atom stereocenters. The number of likely N-dealkylation sites (tertiary alicyclic amines) is 1. The van der Waals surface area contributed by atoms with Crippen LogP contribution in [0, 0.1) is 6.57 Å². The summed E-state index contributed by atoms with van der Waals surface area (Å²) in [5.74, 6) is 0.0330. The van der Waals surface area contributed by atoms with Gasteiger partial charge in [0, 0.05) is 49.9 Å². The second-order valence-corrected chi connectivity index (χ2v) is 11.3. The van der Waals surface area contributed by atoms with Crippen LogP contribution < -0.4 is 9.47 Å². The number of aliphatic carboxylic acids is 1. The second-order valence-electron chi connectivity index (χ2n) is 11.3. The van der Waals surface area contributed by atoms with Crippen LogP contribution in [0.25, 0.3) is 15.7 Å². The molecule has 5 rings (SSSR count). The number of piperidine rings is 1. The van der Waals surface area contributed by atoms with Gasteiger partial charge in [0.2, 0.25) is 5.60 Å². The quantitative estimate of drug-likeness (QED) is 0.185. The van der Waals surface area contributed by atoms with Gasteiger partial charge in [0.05, 0.1) is 13.7 Å². The number of aromatic nitrogens is 1. The van der Waals surface area contributed by atoms with E-state index in [4.69, 9.17) is 21.2 Å². The molecule has 0 aliphatic carbocycles. The van der Waals surface area contributed by atoms with Crippen molar-refractivity contribution >= 4 is 22.6 Å². The number of hydrogen-bond acceptors (Lipinski definition) is 5. The number of fused-ring (bicyclic) bond motifs is 1. The molecule has 0 spiro atoms. The molecule has 0 amide bonds. The van der Waals surface area contributed by atoms with Crippen LogP contribution in [0.3, 0.4) is 0 Å². The molecule has 1 aliphatic rings. The van der Waals surface area contributed by atoms with Crippen molar-refractivity contribution in [3.63, 3.8) is 0 Å². The largest absolute Gasteiger partial charge is 0.493 e. The number of alkyl halides is 3. The summed E-state index contributed by atoms with van der Waals surface area (Å²) in [6, 6.07) is 19.1. The van der Waals surface area contributed by atoms with Gasteiger partial charge in [-0.1, -0.05) is 42.5 Å². The Morgan fingerprint density at radius 2 is 1.76 bits per heavy atom. The van der Waals surface area contributed by atoms with Gasteiger partial charge in [-0.2, -0.15) is 13.2 Å². The Labute approximate surface area is 259 Å². The van der Waals surface area contributed by atoms with Gasteiger partial charge in [-0.05, 0) is 60.0 Å². The number of β-amino-alcohol motifs (C(OH)–C–C–N with tert-alkyl or cyclic N) is 1. The van der Waals surface area contributed by atoms with Crippen molar-refractivity contribution in [3.05, 3.63) is 101 Å². The van der Waals surface area contributed by atoms with Crippen LogP contribution in [0.4, 0.5) is 18.9 Å². The van der Waals surface area contributed by atoms with Crippen LogP contribution in [0.5, 0.6) is 11.5 Å². The average molecular weight is 622 g/mol. The van der Waals surface area contributed by atoms with E-state index in [1.54, 1.807) is 39.8 Å². The van der Waals surface area contributed by atoms with E-state index in [9.17, 15) is 23.1 Å². The summed E-state index contributed by atoms with van der Waals surface area (Å²) in [6.45, 7) is 7.57. The first kappa shape index (κ1) is 31.9. The number of aryl methyl sites for hydroxylation is 1. The number of benzene rings is 3. The normalized spacial score (nSPS) is 15.8. The van der Waals surface area contributed by atoms with Gasteiger partial charge in [0.1, 0.15) is 6.10 Å². The molecule has 8 nitrogen and oxygen atoms in total. The lowest BCUT2D eigenvalue weighted by Crippen LogP contribution is -2.53. The van der Waals surface area contributed by atoms with E-state index in [0.717, 1.165) is 11.1 Å². The van der Waals surface area contributed by atoms with Crippen molar-refractivity contribution in [1.29, 1.82) is 0 Å². The summed E-state index contributed by atoms with van der Waals surface area (Å²) in [5.41, 5.74) is -1.10. The first-order chi connectivity index (χ1) is 21.5. The van der Waals surface area contributed by atoms with Crippen LogP contribution >= 0.6 is 0 Å². The zero-order valence-corrected chi connectivity index (χ0v) is 24.8. The lowest BCUT2D eigenvalue weighted by molar-refractivity contribution is -0.272. The van der Waals surface area contributed by atoms with E-state index < -0.39 is 24.3 Å². The Balaban J connectivity index is 1.35. The fraction of sp³-hybridized carbons (Fsp3) is 0.353. The number of halogens is 3. The molecular formula is C34H34F3N3O5. The van der Waals surface area contributed by atoms with Gasteiger partial charge in [0.25, 0.3) is 0 Å². The van der Waals surface area contributed by atoms with Crippen LogP contribution in [0.1, 0.15) is 36.0 Å². The summed E-state index contributed by atoms with van der Waals surface area (Å²) in [4.78, 5) is 15.9. The zero-order chi connectivity index (χ0) is 32.2. The van der Waals surface area contributed by atoms with E-state index in [1.807, 2.05) is 30.3 Å². The minimum absolute atomic E-state index is 0.0135. The second kappa shape index (κ2) is 13.2. The highest BCUT2D eigenvalue weighted by Gasteiger charge is 2.57. The van der Waals surface area contributed by atoms with Crippen molar-refractivity contribution in [1.82, 2.24) is 9.47 Å². The minimum atomic E-state index is -4.99. The Morgan fingerprint density at radius 1 is 1.02 bits per heavy atom. The van der Waals surface area contributed by atoms with Gasteiger partial charge in [-0.3, -0.25) is 9.69 Å². The van der Waals surface area contributed by atoms with E-state index in [0.29, 0.717) is 42.8 Å². The standard InChI is InChI=1S/C34H34F3N3O5/c1-38-25-10-11-29-27(19-25)28(21-40(29)20-24-6-4-3-5-7-24)33(43,34(35,36)37)22-39-16-14-26(15-17-39)45-30-12-8-23(9-13-32(41)42)18-31(30)44-2/h3-8,10-12,18-19,21,26,43H,9,13-17,20,22H2,2H3,(H,41,42). The Hall–Kier alpha value is -4.53. The van der Waals surface area contributed by atoms with Crippen LogP contribution in [0.2, 0.25) is 0 Å². The third-order valence-electron chi connectivity index (χ3n) is 8.24. The van der Waals surface area contributed by atoms with Crippen LogP contribution in [-0.2, 0) is 23.4 Å². The minimum Gasteiger partial charge on any atom is -0.493 e. The van der Waals surface area contributed by atoms with E-state index in [1.165, 1.54) is 19.4 Å². The highest BCUT2D eigenvalue weighted by atomic mass is 19.4. The van der Waals surface area contributed by atoms with Gasteiger partial charge < -0.3 is 24.3 Å². The number of methoxy groups -OCH3 is 1. The maximum atomic E-state index is 14.9. The molecular weight excluding hydrogens is 587 g/mol.